The van der Waals surface area contributed by atoms with Crippen LogP contribution in [-0.4, -0.2) is 26.9 Å². The molecule has 0 aromatic carbocycles. The summed E-state index contributed by atoms with van der Waals surface area (Å²) in [5.41, 5.74) is 0. The first-order valence-electron chi connectivity index (χ1n) is 2.67. The van der Waals surface area contributed by atoms with E-state index in [0.717, 1.165) is 0 Å². The van der Waals surface area contributed by atoms with Crippen LogP contribution in [0.25, 0.3) is 0 Å². The third-order valence-corrected chi connectivity index (χ3v) is 2.35. The second-order valence-electron chi connectivity index (χ2n) is 2.19. The fourth-order valence-electron chi connectivity index (χ4n) is 0.367. The molecule has 0 saturated carbocycles. The number of halogens is 9. The molecule has 0 rings (SSSR count). The van der Waals surface area contributed by atoms with E-state index < -0.39 is 21.7 Å². The van der Waals surface area contributed by atoms with Crippen molar-refractivity contribution >= 4 is 34.8 Å². The standard InChI is InChI=1S/C4HCl3F6O/c5-1(8,3(6,7)14)2(9,10)4(11,12)13/h14H. The lowest BCUT2D eigenvalue weighted by molar-refractivity contribution is -0.320. The molecule has 0 spiro atoms. The number of hydrogen-bond acceptors (Lipinski definition) is 1. The third kappa shape index (κ3) is 2.15. The van der Waals surface area contributed by atoms with Crippen molar-refractivity contribution in [3.8, 4) is 0 Å². The Morgan fingerprint density at radius 3 is 1.14 bits per heavy atom. The largest absolute Gasteiger partial charge is 0.458 e. The van der Waals surface area contributed by atoms with Crippen LogP contribution in [0, 0.1) is 0 Å². The molecule has 86 valence electrons. The molecular weight excluding hydrogens is 284 g/mol. The van der Waals surface area contributed by atoms with Crippen LogP contribution >= 0.6 is 34.8 Å². The summed E-state index contributed by atoms with van der Waals surface area (Å²) in [6.07, 6.45) is -6.33. The van der Waals surface area contributed by atoms with Crippen molar-refractivity contribution in [3.63, 3.8) is 0 Å². The summed E-state index contributed by atoms with van der Waals surface area (Å²) in [4.78, 5) is 0. The highest BCUT2D eigenvalue weighted by Gasteiger charge is 2.77. The summed E-state index contributed by atoms with van der Waals surface area (Å²) >= 11 is 12.8. The number of rotatable bonds is 2. The minimum Gasteiger partial charge on any atom is -0.359 e. The van der Waals surface area contributed by atoms with Gasteiger partial charge in [0.2, 0.25) is 0 Å². The van der Waals surface area contributed by atoms with Gasteiger partial charge in [0.15, 0.2) is 0 Å². The van der Waals surface area contributed by atoms with Gasteiger partial charge < -0.3 is 5.11 Å². The van der Waals surface area contributed by atoms with Gasteiger partial charge in [-0.3, -0.25) is 0 Å². The highest BCUT2D eigenvalue weighted by molar-refractivity contribution is 6.52. The van der Waals surface area contributed by atoms with Crippen LogP contribution in [0.4, 0.5) is 26.3 Å². The van der Waals surface area contributed by atoms with Crippen LogP contribution in [0.2, 0.25) is 0 Å². The van der Waals surface area contributed by atoms with Gasteiger partial charge >= 0.3 is 17.2 Å². The first-order valence-corrected chi connectivity index (χ1v) is 3.81. The first-order chi connectivity index (χ1) is 5.75. The minimum atomic E-state index is -6.33. The predicted molar refractivity (Wildman–Crippen MR) is 37.3 cm³/mol. The van der Waals surface area contributed by atoms with Crippen LogP contribution in [0.1, 0.15) is 0 Å². The van der Waals surface area contributed by atoms with Gasteiger partial charge in [0.25, 0.3) is 4.52 Å². The van der Waals surface area contributed by atoms with E-state index in [2.05, 4.69) is 34.8 Å². The number of hydrogen-bond donors (Lipinski definition) is 1. The van der Waals surface area contributed by atoms with E-state index in [1.165, 1.54) is 0 Å². The molecule has 0 aliphatic heterocycles. The fourth-order valence-corrected chi connectivity index (χ4v) is 0.711. The average molecular weight is 285 g/mol. The number of alkyl halides is 9. The van der Waals surface area contributed by atoms with Crippen LogP contribution in [0.5, 0.6) is 0 Å². The molecule has 0 aromatic heterocycles. The molecule has 0 bridgehead atoms. The summed E-state index contributed by atoms with van der Waals surface area (Å²) in [5.74, 6) is -6.10. The van der Waals surface area contributed by atoms with Gasteiger partial charge in [-0.25, -0.2) is 4.39 Å². The molecule has 0 radical (unpaired) electrons. The lowest BCUT2D eigenvalue weighted by atomic mass is 10.2. The lowest BCUT2D eigenvalue weighted by Gasteiger charge is -2.33. The monoisotopic (exact) mass is 284 g/mol. The highest BCUT2D eigenvalue weighted by Crippen LogP contribution is 2.54. The zero-order valence-corrected chi connectivity index (χ0v) is 8.12. The van der Waals surface area contributed by atoms with Crippen molar-refractivity contribution in [2.45, 2.75) is 21.7 Å². The Morgan fingerprint density at radius 1 is 0.786 bits per heavy atom. The van der Waals surface area contributed by atoms with Gasteiger partial charge in [0.05, 0.1) is 0 Å². The summed E-state index contributed by atoms with van der Waals surface area (Å²) in [7, 11) is 0. The molecule has 1 nitrogen and oxygen atoms in total. The SMILES string of the molecule is OC(Cl)(Cl)C(F)(Cl)C(F)(F)C(F)(F)F. The average Bonchev–Trinajstić information content (AvgIpc) is 1.81. The maximum Gasteiger partial charge on any atom is 0.458 e. The van der Waals surface area contributed by atoms with Crippen molar-refractivity contribution < 1.29 is 31.4 Å². The second-order valence-corrected chi connectivity index (χ2v) is 4.00. The van der Waals surface area contributed by atoms with Crippen molar-refractivity contribution in [1.29, 1.82) is 0 Å². The fraction of sp³-hybridized carbons (Fsp3) is 1.00. The van der Waals surface area contributed by atoms with Crippen LogP contribution < -0.4 is 0 Å². The Hall–Kier alpha value is 0.410. The molecule has 1 unspecified atom stereocenters. The molecule has 0 heterocycles. The van der Waals surface area contributed by atoms with E-state index in [4.69, 9.17) is 5.11 Å². The van der Waals surface area contributed by atoms with Gasteiger partial charge in [-0.1, -0.05) is 34.8 Å². The zero-order chi connectivity index (χ0) is 12.0. The molecule has 1 N–H and O–H groups in total. The van der Waals surface area contributed by atoms with Crippen LogP contribution in [0.3, 0.4) is 0 Å². The van der Waals surface area contributed by atoms with E-state index in [1.807, 2.05) is 0 Å². The Labute approximate surface area is 88.5 Å². The first kappa shape index (κ1) is 14.4. The predicted octanol–water partition coefficient (Wildman–Crippen LogP) is 3.21. The topological polar surface area (TPSA) is 20.2 Å². The zero-order valence-electron chi connectivity index (χ0n) is 5.85. The molecule has 0 aliphatic rings. The Balaban J connectivity index is 5.30. The highest BCUT2D eigenvalue weighted by atomic mass is 35.5. The normalized spacial score (nSPS) is 19.3. The summed E-state index contributed by atoms with van der Waals surface area (Å²) in [5, 5.41) is 3.21. The molecule has 1 atom stereocenters. The Kier molecular flexibility index (Phi) is 3.57. The molecule has 0 aromatic rings. The number of aliphatic hydroxyl groups is 1. The van der Waals surface area contributed by atoms with E-state index in [1.54, 1.807) is 0 Å². The van der Waals surface area contributed by atoms with Gasteiger partial charge in [-0.2, -0.15) is 22.0 Å². The van der Waals surface area contributed by atoms with E-state index in [9.17, 15) is 26.3 Å². The van der Waals surface area contributed by atoms with Crippen LogP contribution in [0.15, 0.2) is 0 Å². The van der Waals surface area contributed by atoms with Gasteiger partial charge in [-0.15, -0.1) is 0 Å². The minimum absolute atomic E-state index is 4.09. The lowest BCUT2D eigenvalue weighted by Crippen LogP contribution is -2.59. The van der Waals surface area contributed by atoms with Crippen molar-refractivity contribution in [2.24, 2.45) is 0 Å². The van der Waals surface area contributed by atoms with Gasteiger partial charge in [-0.05, 0) is 0 Å². The maximum atomic E-state index is 12.7. The van der Waals surface area contributed by atoms with E-state index >= 15 is 0 Å². The van der Waals surface area contributed by atoms with E-state index in [0.29, 0.717) is 0 Å². The molecule has 0 aliphatic carbocycles. The summed E-state index contributed by atoms with van der Waals surface area (Å²) < 4.78 is 67.7. The van der Waals surface area contributed by atoms with Crippen molar-refractivity contribution in [3.05, 3.63) is 0 Å². The summed E-state index contributed by atoms with van der Waals surface area (Å²) in [6, 6.07) is 0. The Morgan fingerprint density at radius 2 is 1.07 bits per heavy atom. The molecule has 0 amide bonds. The van der Waals surface area contributed by atoms with Gasteiger partial charge in [0.1, 0.15) is 0 Å². The molecule has 0 fully saturated rings. The van der Waals surface area contributed by atoms with E-state index in [-0.39, 0.29) is 0 Å². The summed E-state index contributed by atoms with van der Waals surface area (Å²) in [6.45, 7) is 0. The van der Waals surface area contributed by atoms with Crippen LogP contribution in [-0.2, 0) is 0 Å². The van der Waals surface area contributed by atoms with Crippen molar-refractivity contribution in [2.75, 3.05) is 0 Å². The smallest absolute Gasteiger partial charge is 0.359 e. The molecule has 14 heavy (non-hydrogen) atoms. The molecule has 0 saturated heterocycles. The third-order valence-electron chi connectivity index (χ3n) is 1.13. The quantitative estimate of drug-likeness (QED) is 0.610. The second kappa shape index (κ2) is 3.47. The maximum absolute atomic E-state index is 12.7. The van der Waals surface area contributed by atoms with Gasteiger partial charge in [0, 0.05) is 0 Å². The molecule has 10 heteroatoms. The van der Waals surface area contributed by atoms with Crippen molar-refractivity contribution in [1.82, 2.24) is 0 Å². The molecular formula is C4HCl3F6O. The Bertz CT molecular complexity index is 194.